The van der Waals surface area contributed by atoms with Crippen molar-refractivity contribution in [2.45, 2.75) is 12.5 Å². The standard InChI is InChI=1S/C8H17N3O2/c1-11(2)10-8(12)5-7-6-9-3-4-13-7/h7,9H,3-6H2,1-2H3,(H,10,12). The van der Waals surface area contributed by atoms with E-state index in [9.17, 15) is 4.79 Å². The summed E-state index contributed by atoms with van der Waals surface area (Å²) in [5, 5.41) is 4.81. The first-order valence-electron chi connectivity index (χ1n) is 4.47. The predicted octanol–water partition coefficient (Wildman–Crippen LogP) is -1.04. The largest absolute Gasteiger partial charge is 0.375 e. The summed E-state index contributed by atoms with van der Waals surface area (Å²) in [5.41, 5.74) is 2.68. The Kier molecular flexibility index (Phi) is 4.14. The van der Waals surface area contributed by atoms with Crippen LogP contribution in [-0.4, -0.2) is 50.8 Å². The molecule has 0 aromatic heterocycles. The van der Waals surface area contributed by atoms with E-state index in [0.717, 1.165) is 13.1 Å². The van der Waals surface area contributed by atoms with Gasteiger partial charge in [-0.1, -0.05) is 0 Å². The van der Waals surface area contributed by atoms with Crippen LogP contribution < -0.4 is 10.7 Å². The van der Waals surface area contributed by atoms with Crippen molar-refractivity contribution >= 4 is 5.91 Å². The molecule has 1 heterocycles. The molecular formula is C8H17N3O2. The summed E-state index contributed by atoms with van der Waals surface area (Å²) in [6.07, 6.45) is 0.444. The van der Waals surface area contributed by atoms with E-state index in [4.69, 9.17) is 4.74 Å². The van der Waals surface area contributed by atoms with Crippen LogP contribution in [0.1, 0.15) is 6.42 Å². The van der Waals surface area contributed by atoms with Crippen LogP contribution in [0, 0.1) is 0 Å². The Morgan fingerprint density at radius 1 is 1.69 bits per heavy atom. The SMILES string of the molecule is CN(C)NC(=O)CC1CNCCO1. The molecule has 1 saturated heterocycles. The predicted molar refractivity (Wildman–Crippen MR) is 49.1 cm³/mol. The lowest BCUT2D eigenvalue weighted by molar-refractivity contribution is -0.128. The molecule has 1 atom stereocenters. The van der Waals surface area contributed by atoms with Gasteiger partial charge in [0.1, 0.15) is 0 Å². The van der Waals surface area contributed by atoms with Gasteiger partial charge in [0.05, 0.1) is 19.1 Å². The third-order valence-electron chi connectivity index (χ3n) is 1.77. The molecule has 76 valence electrons. The molecule has 1 amide bonds. The highest BCUT2D eigenvalue weighted by Crippen LogP contribution is 2.00. The van der Waals surface area contributed by atoms with Crippen molar-refractivity contribution in [3.63, 3.8) is 0 Å². The Balaban J connectivity index is 2.18. The van der Waals surface area contributed by atoms with Crippen LogP contribution in [0.4, 0.5) is 0 Å². The van der Waals surface area contributed by atoms with Gasteiger partial charge in [0.25, 0.3) is 0 Å². The molecule has 2 N–H and O–H groups in total. The van der Waals surface area contributed by atoms with Crippen LogP contribution in [0.25, 0.3) is 0 Å². The second-order valence-corrected chi connectivity index (χ2v) is 3.33. The normalized spacial score (nSPS) is 23.2. The summed E-state index contributed by atoms with van der Waals surface area (Å²) in [6.45, 7) is 2.34. The van der Waals surface area contributed by atoms with Gasteiger partial charge in [0.2, 0.25) is 5.91 Å². The summed E-state index contributed by atoms with van der Waals surface area (Å²) < 4.78 is 5.39. The lowest BCUT2D eigenvalue weighted by Gasteiger charge is -2.23. The average molecular weight is 187 g/mol. The number of morpholine rings is 1. The molecule has 1 aliphatic rings. The van der Waals surface area contributed by atoms with Crippen LogP contribution >= 0.6 is 0 Å². The number of amides is 1. The van der Waals surface area contributed by atoms with Crippen LogP contribution in [0.2, 0.25) is 0 Å². The zero-order chi connectivity index (χ0) is 9.68. The lowest BCUT2D eigenvalue weighted by atomic mass is 10.2. The number of ether oxygens (including phenoxy) is 1. The van der Waals surface area contributed by atoms with Crippen molar-refractivity contribution in [1.82, 2.24) is 15.8 Å². The lowest BCUT2D eigenvalue weighted by Crippen LogP contribution is -2.43. The van der Waals surface area contributed by atoms with Gasteiger partial charge in [-0.2, -0.15) is 0 Å². The summed E-state index contributed by atoms with van der Waals surface area (Å²) >= 11 is 0. The summed E-state index contributed by atoms with van der Waals surface area (Å²) in [5.74, 6) is -0.00120. The molecule has 0 aromatic rings. The van der Waals surface area contributed by atoms with E-state index < -0.39 is 0 Å². The monoisotopic (exact) mass is 187 g/mol. The van der Waals surface area contributed by atoms with E-state index in [1.54, 1.807) is 19.1 Å². The number of nitrogens with one attached hydrogen (secondary N) is 2. The average Bonchev–Trinajstić information content (AvgIpc) is 2.04. The molecular weight excluding hydrogens is 170 g/mol. The van der Waals surface area contributed by atoms with E-state index in [1.807, 2.05) is 0 Å². The minimum Gasteiger partial charge on any atom is -0.375 e. The first kappa shape index (κ1) is 10.4. The van der Waals surface area contributed by atoms with E-state index in [1.165, 1.54) is 0 Å². The number of nitrogens with zero attached hydrogens (tertiary/aromatic N) is 1. The van der Waals surface area contributed by atoms with Crippen LogP contribution in [0.5, 0.6) is 0 Å². The molecule has 5 nitrogen and oxygen atoms in total. The van der Waals surface area contributed by atoms with Crippen molar-refractivity contribution in [3.05, 3.63) is 0 Å². The fraction of sp³-hybridized carbons (Fsp3) is 0.875. The number of carbonyl (C=O) groups is 1. The Morgan fingerprint density at radius 2 is 2.46 bits per heavy atom. The molecule has 0 radical (unpaired) electrons. The Morgan fingerprint density at radius 3 is 3.00 bits per heavy atom. The quantitative estimate of drug-likeness (QED) is 0.554. The van der Waals surface area contributed by atoms with Crippen molar-refractivity contribution in [2.24, 2.45) is 0 Å². The second-order valence-electron chi connectivity index (χ2n) is 3.33. The number of hydrogen-bond acceptors (Lipinski definition) is 4. The molecule has 0 aliphatic carbocycles. The fourth-order valence-corrected chi connectivity index (χ4v) is 1.25. The van der Waals surface area contributed by atoms with Gasteiger partial charge in [-0.05, 0) is 0 Å². The van der Waals surface area contributed by atoms with E-state index in [-0.39, 0.29) is 12.0 Å². The van der Waals surface area contributed by atoms with Gasteiger partial charge in [-0.25, -0.2) is 5.01 Å². The molecule has 1 fully saturated rings. The molecule has 0 aromatic carbocycles. The smallest absolute Gasteiger partial charge is 0.236 e. The van der Waals surface area contributed by atoms with Gasteiger partial charge >= 0.3 is 0 Å². The van der Waals surface area contributed by atoms with Crippen molar-refractivity contribution in [2.75, 3.05) is 33.8 Å². The van der Waals surface area contributed by atoms with E-state index in [0.29, 0.717) is 13.0 Å². The Hall–Kier alpha value is -0.650. The molecule has 1 rings (SSSR count). The summed E-state index contributed by atoms with van der Waals surface area (Å²) in [7, 11) is 3.58. The highest BCUT2D eigenvalue weighted by atomic mass is 16.5. The summed E-state index contributed by atoms with van der Waals surface area (Å²) in [6, 6.07) is 0. The third kappa shape index (κ3) is 4.21. The molecule has 0 spiro atoms. The number of carbonyl (C=O) groups excluding carboxylic acids is 1. The zero-order valence-electron chi connectivity index (χ0n) is 8.17. The molecule has 0 bridgehead atoms. The summed E-state index contributed by atoms with van der Waals surface area (Å²) in [4.78, 5) is 11.3. The molecule has 0 saturated carbocycles. The van der Waals surface area contributed by atoms with Crippen molar-refractivity contribution in [1.29, 1.82) is 0 Å². The van der Waals surface area contributed by atoms with Gasteiger partial charge in [-0.3, -0.25) is 10.2 Å². The highest BCUT2D eigenvalue weighted by molar-refractivity contribution is 5.75. The van der Waals surface area contributed by atoms with Crippen LogP contribution in [-0.2, 0) is 9.53 Å². The highest BCUT2D eigenvalue weighted by Gasteiger charge is 2.17. The maximum absolute atomic E-state index is 11.3. The van der Waals surface area contributed by atoms with Crippen LogP contribution in [0.3, 0.4) is 0 Å². The fourth-order valence-electron chi connectivity index (χ4n) is 1.25. The zero-order valence-corrected chi connectivity index (χ0v) is 8.17. The molecule has 5 heteroatoms. The van der Waals surface area contributed by atoms with Gasteiger partial charge in [0.15, 0.2) is 0 Å². The van der Waals surface area contributed by atoms with E-state index in [2.05, 4.69) is 10.7 Å². The minimum atomic E-state index is -0.00120. The Labute approximate surface area is 78.4 Å². The molecule has 13 heavy (non-hydrogen) atoms. The Bertz CT molecular complexity index is 167. The first-order valence-corrected chi connectivity index (χ1v) is 4.47. The molecule has 1 aliphatic heterocycles. The minimum absolute atomic E-state index is 0.00120. The van der Waals surface area contributed by atoms with Gasteiger partial charge < -0.3 is 10.1 Å². The number of hydrazine groups is 1. The number of rotatable bonds is 3. The van der Waals surface area contributed by atoms with Crippen molar-refractivity contribution < 1.29 is 9.53 Å². The van der Waals surface area contributed by atoms with Gasteiger partial charge in [-0.15, -0.1) is 0 Å². The molecule has 1 unspecified atom stereocenters. The second kappa shape index (κ2) is 5.16. The van der Waals surface area contributed by atoms with E-state index >= 15 is 0 Å². The third-order valence-corrected chi connectivity index (χ3v) is 1.77. The van der Waals surface area contributed by atoms with Crippen molar-refractivity contribution in [3.8, 4) is 0 Å². The van der Waals surface area contributed by atoms with Crippen LogP contribution in [0.15, 0.2) is 0 Å². The first-order chi connectivity index (χ1) is 6.18. The number of hydrogen-bond donors (Lipinski definition) is 2. The topological polar surface area (TPSA) is 53.6 Å². The maximum Gasteiger partial charge on any atom is 0.236 e. The maximum atomic E-state index is 11.3. The van der Waals surface area contributed by atoms with Gasteiger partial charge in [0, 0.05) is 27.2 Å².